The Kier molecular flexibility index (Phi) is 3.20. The van der Waals surface area contributed by atoms with Crippen LogP contribution in [0.3, 0.4) is 0 Å². The molecule has 0 saturated heterocycles. The number of carbonyl (C=O) groups excluding carboxylic acids is 1. The summed E-state index contributed by atoms with van der Waals surface area (Å²) in [6.07, 6.45) is 8.60. The molecule has 1 spiro atoms. The largest absolute Gasteiger partial charge is 0.478 e. The second-order valence-electron chi connectivity index (χ2n) is 5.89. The van der Waals surface area contributed by atoms with E-state index in [4.69, 9.17) is 5.11 Å². The Morgan fingerprint density at radius 3 is 2.75 bits per heavy atom. The van der Waals surface area contributed by atoms with E-state index in [0.29, 0.717) is 5.41 Å². The van der Waals surface area contributed by atoms with Crippen LogP contribution in [0, 0.1) is 5.41 Å². The molecule has 5 heteroatoms. The number of amides is 1. The van der Waals surface area contributed by atoms with E-state index in [1.54, 1.807) is 0 Å². The molecule has 106 valence electrons. The molecule has 0 bridgehead atoms. The standard InChI is InChI=1S/C15H18N2O3/c18-13(11-8-10(14(19)20)4-7-16-11)17-12-9-15(12)5-2-1-3-6-15/h4,7-8,12H,1-3,5-6,9H2,(H,17,18)(H,19,20). The number of carboxylic acids is 1. The summed E-state index contributed by atoms with van der Waals surface area (Å²) in [5, 5.41) is 11.9. The minimum atomic E-state index is -1.04. The summed E-state index contributed by atoms with van der Waals surface area (Å²) < 4.78 is 0. The summed E-state index contributed by atoms with van der Waals surface area (Å²) in [6.45, 7) is 0. The van der Waals surface area contributed by atoms with Gasteiger partial charge in [-0.15, -0.1) is 0 Å². The highest BCUT2D eigenvalue weighted by molar-refractivity contribution is 5.96. The maximum atomic E-state index is 12.1. The fraction of sp³-hybridized carbons (Fsp3) is 0.533. The maximum Gasteiger partial charge on any atom is 0.335 e. The number of rotatable bonds is 3. The highest BCUT2D eigenvalue weighted by atomic mass is 16.4. The Morgan fingerprint density at radius 2 is 2.05 bits per heavy atom. The van der Waals surface area contributed by atoms with E-state index in [0.717, 1.165) is 6.42 Å². The number of pyridine rings is 1. The van der Waals surface area contributed by atoms with Crippen molar-refractivity contribution in [2.24, 2.45) is 5.41 Å². The summed E-state index contributed by atoms with van der Waals surface area (Å²) >= 11 is 0. The smallest absolute Gasteiger partial charge is 0.335 e. The molecule has 3 rings (SSSR count). The monoisotopic (exact) mass is 274 g/mol. The average Bonchev–Trinajstić information content (AvgIpc) is 3.11. The lowest BCUT2D eigenvalue weighted by molar-refractivity contribution is 0.0696. The van der Waals surface area contributed by atoms with Gasteiger partial charge in [0.2, 0.25) is 0 Å². The zero-order valence-electron chi connectivity index (χ0n) is 11.3. The van der Waals surface area contributed by atoms with Crippen molar-refractivity contribution in [1.29, 1.82) is 0 Å². The molecule has 1 aromatic rings. The van der Waals surface area contributed by atoms with Gasteiger partial charge in [-0.1, -0.05) is 19.3 Å². The molecule has 5 nitrogen and oxygen atoms in total. The van der Waals surface area contributed by atoms with Gasteiger partial charge in [0, 0.05) is 12.2 Å². The fourth-order valence-electron chi connectivity index (χ4n) is 3.28. The van der Waals surface area contributed by atoms with Crippen LogP contribution in [0.1, 0.15) is 59.4 Å². The van der Waals surface area contributed by atoms with Crippen molar-refractivity contribution in [3.63, 3.8) is 0 Å². The first-order valence-electron chi connectivity index (χ1n) is 7.11. The third-order valence-electron chi connectivity index (χ3n) is 4.58. The molecule has 20 heavy (non-hydrogen) atoms. The number of nitrogens with one attached hydrogen (secondary N) is 1. The van der Waals surface area contributed by atoms with E-state index in [1.807, 2.05) is 0 Å². The molecule has 2 aliphatic carbocycles. The maximum absolute atomic E-state index is 12.1. The first kappa shape index (κ1) is 13.1. The van der Waals surface area contributed by atoms with Crippen LogP contribution in [0.2, 0.25) is 0 Å². The highest BCUT2D eigenvalue weighted by Gasteiger charge is 2.54. The van der Waals surface area contributed by atoms with Gasteiger partial charge in [-0.2, -0.15) is 0 Å². The predicted molar refractivity (Wildman–Crippen MR) is 72.6 cm³/mol. The molecular formula is C15H18N2O3. The Hall–Kier alpha value is -1.91. The molecule has 1 atom stereocenters. The third kappa shape index (κ3) is 2.40. The summed E-state index contributed by atoms with van der Waals surface area (Å²) in [5.74, 6) is -1.31. The highest BCUT2D eigenvalue weighted by Crippen LogP contribution is 2.56. The summed E-state index contributed by atoms with van der Waals surface area (Å²) in [5.41, 5.74) is 0.592. The van der Waals surface area contributed by atoms with Crippen LogP contribution in [0.4, 0.5) is 0 Å². The van der Waals surface area contributed by atoms with Gasteiger partial charge in [0.1, 0.15) is 5.69 Å². The Morgan fingerprint density at radius 1 is 1.30 bits per heavy atom. The van der Waals surface area contributed by atoms with Crippen molar-refractivity contribution in [3.05, 3.63) is 29.6 Å². The van der Waals surface area contributed by atoms with Crippen LogP contribution >= 0.6 is 0 Å². The minimum Gasteiger partial charge on any atom is -0.478 e. The van der Waals surface area contributed by atoms with E-state index in [-0.39, 0.29) is 23.2 Å². The summed E-state index contributed by atoms with van der Waals surface area (Å²) in [7, 11) is 0. The van der Waals surface area contributed by atoms with Gasteiger partial charge in [-0.3, -0.25) is 9.78 Å². The molecule has 0 aliphatic heterocycles. The third-order valence-corrected chi connectivity index (χ3v) is 4.58. The first-order valence-corrected chi connectivity index (χ1v) is 7.11. The van der Waals surface area contributed by atoms with E-state index in [1.165, 1.54) is 50.4 Å². The number of nitrogens with zero attached hydrogens (tertiary/aromatic N) is 1. The molecule has 2 fully saturated rings. The number of hydrogen-bond acceptors (Lipinski definition) is 3. The number of aromatic nitrogens is 1. The van der Waals surface area contributed by atoms with Gasteiger partial charge >= 0.3 is 5.97 Å². The van der Waals surface area contributed by atoms with Crippen LogP contribution in [0.25, 0.3) is 0 Å². The Balaban J connectivity index is 1.65. The normalized spacial score (nSPS) is 23.3. The molecule has 0 aromatic carbocycles. The Bertz CT molecular complexity index is 550. The van der Waals surface area contributed by atoms with Crippen LogP contribution in [-0.4, -0.2) is 28.0 Å². The molecule has 1 unspecified atom stereocenters. The van der Waals surface area contributed by atoms with Crippen molar-refractivity contribution in [3.8, 4) is 0 Å². The SMILES string of the molecule is O=C(O)c1ccnc(C(=O)NC2CC23CCCCC3)c1. The zero-order valence-corrected chi connectivity index (χ0v) is 11.3. The number of carbonyl (C=O) groups is 2. The van der Waals surface area contributed by atoms with Crippen molar-refractivity contribution < 1.29 is 14.7 Å². The van der Waals surface area contributed by atoms with Crippen LogP contribution in [-0.2, 0) is 0 Å². The molecule has 2 saturated carbocycles. The molecule has 1 heterocycles. The lowest BCUT2D eigenvalue weighted by Crippen LogP contribution is -2.31. The molecular weight excluding hydrogens is 256 g/mol. The van der Waals surface area contributed by atoms with Gasteiger partial charge in [-0.05, 0) is 36.8 Å². The molecule has 1 aromatic heterocycles. The van der Waals surface area contributed by atoms with Gasteiger partial charge < -0.3 is 10.4 Å². The zero-order chi connectivity index (χ0) is 14.2. The number of carboxylic acid groups (broad SMARTS) is 1. The second-order valence-corrected chi connectivity index (χ2v) is 5.89. The fourth-order valence-corrected chi connectivity index (χ4v) is 3.28. The van der Waals surface area contributed by atoms with Crippen molar-refractivity contribution >= 4 is 11.9 Å². The van der Waals surface area contributed by atoms with Crippen LogP contribution in [0.5, 0.6) is 0 Å². The van der Waals surface area contributed by atoms with Crippen molar-refractivity contribution in [1.82, 2.24) is 10.3 Å². The topological polar surface area (TPSA) is 79.3 Å². The second kappa shape index (κ2) is 4.89. The van der Waals surface area contributed by atoms with E-state index in [2.05, 4.69) is 10.3 Å². The van der Waals surface area contributed by atoms with Crippen LogP contribution < -0.4 is 5.32 Å². The molecule has 1 amide bonds. The van der Waals surface area contributed by atoms with Crippen molar-refractivity contribution in [2.45, 2.75) is 44.6 Å². The van der Waals surface area contributed by atoms with E-state index >= 15 is 0 Å². The lowest BCUT2D eigenvalue weighted by Gasteiger charge is -2.22. The Labute approximate surface area is 117 Å². The predicted octanol–water partition coefficient (Wildman–Crippen LogP) is 2.23. The molecule has 2 aliphatic rings. The first-order chi connectivity index (χ1) is 9.61. The quantitative estimate of drug-likeness (QED) is 0.885. The number of hydrogen-bond donors (Lipinski definition) is 2. The van der Waals surface area contributed by atoms with Crippen LogP contribution in [0.15, 0.2) is 18.3 Å². The van der Waals surface area contributed by atoms with Gasteiger partial charge in [-0.25, -0.2) is 4.79 Å². The van der Waals surface area contributed by atoms with E-state index in [9.17, 15) is 9.59 Å². The summed E-state index contributed by atoms with van der Waals surface area (Å²) in [4.78, 5) is 27.0. The van der Waals surface area contributed by atoms with Gasteiger partial charge in [0.25, 0.3) is 5.91 Å². The number of aromatic carboxylic acids is 1. The van der Waals surface area contributed by atoms with E-state index < -0.39 is 5.97 Å². The molecule has 2 N–H and O–H groups in total. The molecule has 0 radical (unpaired) electrons. The van der Waals surface area contributed by atoms with Gasteiger partial charge in [0.05, 0.1) is 5.56 Å². The minimum absolute atomic E-state index is 0.0910. The van der Waals surface area contributed by atoms with Gasteiger partial charge in [0.15, 0.2) is 0 Å². The summed E-state index contributed by atoms with van der Waals surface area (Å²) in [6, 6.07) is 2.96. The average molecular weight is 274 g/mol. The lowest BCUT2D eigenvalue weighted by atomic mass is 9.86. The van der Waals surface area contributed by atoms with Crippen molar-refractivity contribution in [2.75, 3.05) is 0 Å².